The molecule has 1 rings (SSSR count). The first-order valence-corrected chi connectivity index (χ1v) is 5.31. The van der Waals surface area contributed by atoms with Crippen LogP contribution in [-0.4, -0.2) is 37.0 Å². The van der Waals surface area contributed by atoms with Crippen LogP contribution in [0.3, 0.4) is 0 Å². The molecule has 0 spiro atoms. The van der Waals surface area contributed by atoms with E-state index in [9.17, 15) is 4.79 Å². The molecule has 0 aromatic rings. The summed E-state index contributed by atoms with van der Waals surface area (Å²) in [6.45, 7) is 5.70. The average molecular weight is 206 g/mol. The van der Waals surface area contributed by atoms with Crippen molar-refractivity contribution < 1.29 is 4.79 Å². The Labute approximate surface area is 91.5 Å². The normalized spacial score (nSPS) is 18.9. The molecule has 82 valence electrons. The van der Waals surface area contributed by atoms with Gasteiger partial charge in [-0.2, -0.15) is 0 Å². The zero-order chi connectivity index (χ0) is 11.3. The highest BCUT2D eigenvalue weighted by Crippen LogP contribution is 2.16. The zero-order valence-electron chi connectivity index (χ0n) is 9.25. The highest BCUT2D eigenvalue weighted by atomic mass is 16.1. The molecule has 15 heavy (non-hydrogen) atoms. The van der Waals surface area contributed by atoms with E-state index in [4.69, 9.17) is 6.42 Å². The van der Waals surface area contributed by atoms with Crippen molar-refractivity contribution in [1.29, 1.82) is 0 Å². The molecule has 0 aromatic heterocycles. The molecule has 0 aliphatic carbocycles. The van der Waals surface area contributed by atoms with Gasteiger partial charge in [-0.1, -0.05) is 18.9 Å². The Balaban J connectivity index is 2.66. The number of nitrogens with one attached hydrogen (secondary N) is 1. The van der Waals surface area contributed by atoms with E-state index >= 15 is 0 Å². The number of nitrogens with zero attached hydrogens (tertiary/aromatic N) is 1. The van der Waals surface area contributed by atoms with Gasteiger partial charge in [-0.05, 0) is 25.9 Å². The minimum atomic E-state index is -0.245. The van der Waals surface area contributed by atoms with Crippen molar-refractivity contribution in [3.05, 3.63) is 12.2 Å². The molecular weight excluding hydrogens is 188 g/mol. The van der Waals surface area contributed by atoms with Gasteiger partial charge in [0.1, 0.15) is 6.04 Å². The van der Waals surface area contributed by atoms with Gasteiger partial charge in [0.2, 0.25) is 5.91 Å². The van der Waals surface area contributed by atoms with E-state index in [0.717, 1.165) is 25.9 Å². The molecule has 0 aromatic carbocycles. The Morgan fingerprint density at radius 1 is 1.47 bits per heavy atom. The Bertz CT molecular complexity index is 284. The maximum atomic E-state index is 11.4. The molecule has 1 unspecified atom stereocenters. The van der Waals surface area contributed by atoms with E-state index in [-0.39, 0.29) is 11.9 Å². The van der Waals surface area contributed by atoms with Crippen molar-refractivity contribution in [3.8, 4) is 12.3 Å². The topological polar surface area (TPSA) is 32.3 Å². The van der Waals surface area contributed by atoms with Gasteiger partial charge in [-0.25, -0.2) is 0 Å². The minimum Gasteiger partial charge on any atom is -0.355 e. The smallest absolute Gasteiger partial charge is 0.248 e. The first-order valence-electron chi connectivity index (χ1n) is 5.31. The first kappa shape index (κ1) is 11.8. The van der Waals surface area contributed by atoms with Crippen LogP contribution in [-0.2, 0) is 4.79 Å². The van der Waals surface area contributed by atoms with E-state index in [1.54, 1.807) is 7.05 Å². The first-order chi connectivity index (χ1) is 7.20. The number of likely N-dealkylation sites (tertiary alicyclic amines) is 1. The summed E-state index contributed by atoms with van der Waals surface area (Å²) in [6, 6.07) is -0.245. The third kappa shape index (κ3) is 2.84. The average Bonchev–Trinajstić information content (AvgIpc) is 2.30. The lowest BCUT2D eigenvalue weighted by Gasteiger charge is -2.31. The molecule has 1 saturated heterocycles. The Morgan fingerprint density at radius 3 is 2.53 bits per heavy atom. The van der Waals surface area contributed by atoms with Crippen LogP contribution in [0.15, 0.2) is 12.2 Å². The molecule has 3 nitrogen and oxygen atoms in total. The van der Waals surface area contributed by atoms with Gasteiger partial charge in [0, 0.05) is 12.6 Å². The van der Waals surface area contributed by atoms with Crippen LogP contribution in [0.4, 0.5) is 0 Å². The third-order valence-electron chi connectivity index (χ3n) is 2.76. The molecule has 1 aliphatic rings. The van der Waals surface area contributed by atoms with Gasteiger partial charge >= 0.3 is 0 Å². The summed E-state index contributed by atoms with van der Waals surface area (Å²) in [5.74, 6) is 2.49. The fourth-order valence-electron chi connectivity index (χ4n) is 1.89. The lowest BCUT2D eigenvalue weighted by atomic mass is 10.0. The zero-order valence-corrected chi connectivity index (χ0v) is 9.25. The van der Waals surface area contributed by atoms with Crippen molar-refractivity contribution in [2.24, 2.45) is 0 Å². The summed E-state index contributed by atoms with van der Waals surface area (Å²) >= 11 is 0. The number of likely N-dealkylation sites (N-methyl/N-ethyl adjacent to an activating group) is 1. The van der Waals surface area contributed by atoms with Gasteiger partial charge < -0.3 is 5.32 Å². The molecular formula is C12H18N2O. The van der Waals surface area contributed by atoms with Crippen molar-refractivity contribution in [3.63, 3.8) is 0 Å². The van der Waals surface area contributed by atoms with Crippen molar-refractivity contribution in [2.45, 2.75) is 25.3 Å². The lowest BCUT2D eigenvalue weighted by molar-refractivity contribution is -0.117. The lowest BCUT2D eigenvalue weighted by Crippen LogP contribution is -2.42. The third-order valence-corrected chi connectivity index (χ3v) is 2.76. The Hall–Kier alpha value is -1.27. The number of amides is 1. The minimum absolute atomic E-state index is 0.163. The predicted molar refractivity (Wildman–Crippen MR) is 61.3 cm³/mol. The number of piperidine rings is 1. The Morgan fingerprint density at radius 2 is 2.07 bits per heavy atom. The molecule has 0 radical (unpaired) electrons. The highest BCUT2D eigenvalue weighted by molar-refractivity contribution is 5.94. The van der Waals surface area contributed by atoms with E-state index < -0.39 is 0 Å². The van der Waals surface area contributed by atoms with Crippen LogP contribution in [0.2, 0.25) is 0 Å². The van der Waals surface area contributed by atoms with Gasteiger partial charge in [0.05, 0.1) is 0 Å². The van der Waals surface area contributed by atoms with E-state index in [1.165, 1.54) is 6.42 Å². The van der Waals surface area contributed by atoms with E-state index in [2.05, 4.69) is 22.7 Å². The monoisotopic (exact) mass is 206 g/mol. The molecule has 1 heterocycles. The van der Waals surface area contributed by atoms with E-state index in [1.807, 2.05) is 0 Å². The summed E-state index contributed by atoms with van der Waals surface area (Å²) in [5, 5.41) is 2.56. The van der Waals surface area contributed by atoms with Crippen molar-refractivity contribution >= 4 is 5.91 Å². The molecule has 1 atom stereocenters. The molecule has 1 amide bonds. The molecule has 1 fully saturated rings. The summed E-state index contributed by atoms with van der Waals surface area (Å²) in [5.41, 5.74) is 0.474. The summed E-state index contributed by atoms with van der Waals surface area (Å²) in [6.07, 6.45) is 9.02. The van der Waals surface area contributed by atoms with Gasteiger partial charge in [0.15, 0.2) is 0 Å². The highest BCUT2D eigenvalue weighted by Gasteiger charge is 2.24. The largest absolute Gasteiger partial charge is 0.355 e. The second-order valence-corrected chi connectivity index (χ2v) is 3.77. The van der Waals surface area contributed by atoms with Crippen LogP contribution in [0.25, 0.3) is 0 Å². The van der Waals surface area contributed by atoms with Crippen LogP contribution in [0.1, 0.15) is 19.3 Å². The SMILES string of the molecule is C#CC(C(=C)C(=O)NC)N1CCCCC1. The second kappa shape index (κ2) is 5.57. The van der Waals surface area contributed by atoms with Gasteiger partial charge in [-0.15, -0.1) is 6.42 Å². The summed E-state index contributed by atoms with van der Waals surface area (Å²) < 4.78 is 0. The fraction of sp³-hybridized carbons (Fsp3) is 0.583. The van der Waals surface area contributed by atoms with Crippen LogP contribution in [0.5, 0.6) is 0 Å². The van der Waals surface area contributed by atoms with Crippen molar-refractivity contribution in [1.82, 2.24) is 10.2 Å². The quantitative estimate of drug-likeness (QED) is 0.546. The predicted octanol–water partition coefficient (Wildman–Crippen LogP) is 0.776. The van der Waals surface area contributed by atoms with Crippen molar-refractivity contribution in [2.75, 3.05) is 20.1 Å². The van der Waals surface area contributed by atoms with Gasteiger partial charge in [0.25, 0.3) is 0 Å². The second-order valence-electron chi connectivity index (χ2n) is 3.77. The molecule has 3 heteroatoms. The number of rotatable bonds is 3. The number of carbonyl (C=O) groups excluding carboxylic acids is 1. The maximum Gasteiger partial charge on any atom is 0.248 e. The Kier molecular flexibility index (Phi) is 4.38. The van der Waals surface area contributed by atoms with Crippen LogP contribution >= 0.6 is 0 Å². The number of hydrogen-bond acceptors (Lipinski definition) is 2. The number of carbonyl (C=O) groups is 1. The van der Waals surface area contributed by atoms with Crippen LogP contribution < -0.4 is 5.32 Å². The molecule has 0 saturated carbocycles. The van der Waals surface area contributed by atoms with Crippen LogP contribution in [0, 0.1) is 12.3 Å². The number of terminal acetylenes is 1. The molecule has 0 bridgehead atoms. The molecule has 1 aliphatic heterocycles. The summed E-state index contributed by atoms with van der Waals surface area (Å²) in [4.78, 5) is 13.6. The maximum absolute atomic E-state index is 11.4. The number of hydrogen-bond donors (Lipinski definition) is 1. The fourth-order valence-corrected chi connectivity index (χ4v) is 1.89. The molecule has 1 N–H and O–H groups in total. The standard InChI is InChI=1S/C12H18N2O/c1-4-11(10(2)12(15)13-3)14-8-6-5-7-9-14/h1,11H,2,5-9H2,3H3,(H,13,15). The summed E-state index contributed by atoms with van der Waals surface area (Å²) in [7, 11) is 1.59. The van der Waals surface area contributed by atoms with Gasteiger partial charge in [-0.3, -0.25) is 9.69 Å². The van der Waals surface area contributed by atoms with E-state index in [0.29, 0.717) is 5.57 Å².